The second-order valence-corrected chi connectivity index (χ2v) is 5.15. The van der Waals surface area contributed by atoms with Gasteiger partial charge in [0.1, 0.15) is 0 Å². The maximum absolute atomic E-state index is 13.0. The number of ketones is 1. The molecule has 0 unspecified atom stereocenters. The number of alkyl halides is 3. The molecule has 104 valence electrons. The number of benzene rings is 2. The van der Waals surface area contributed by atoms with E-state index in [0.29, 0.717) is 15.6 Å². The molecule has 2 rings (SSSR count). The average molecular weight is 343 g/mol. The van der Waals surface area contributed by atoms with Gasteiger partial charge in [-0.25, -0.2) is 0 Å². The lowest BCUT2D eigenvalue weighted by atomic mass is 9.98. The summed E-state index contributed by atoms with van der Waals surface area (Å²) in [6.45, 7) is 1.41. The highest BCUT2D eigenvalue weighted by molar-refractivity contribution is 9.10. The Morgan fingerprint density at radius 3 is 2.30 bits per heavy atom. The number of hydrogen-bond acceptors (Lipinski definition) is 1. The van der Waals surface area contributed by atoms with E-state index >= 15 is 0 Å². The normalized spacial score (nSPS) is 11.4. The summed E-state index contributed by atoms with van der Waals surface area (Å²) in [6.07, 6.45) is -4.41. The molecule has 0 fully saturated rings. The highest BCUT2D eigenvalue weighted by Crippen LogP contribution is 2.37. The third kappa shape index (κ3) is 2.93. The molecule has 0 saturated carbocycles. The molecule has 20 heavy (non-hydrogen) atoms. The Balaban J connectivity index is 2.59. The van der Waals surface area contributed by atoms with Crippen molar-refractivity contribution in [3.05, 3.63) is 58.1 Å². The van der Waals surface area contributed by atoms with Crippen LogP contribution in [0.15, 0.2) is 46.9 Å². The van der Waals surface area contributed by atoms with Crippen molar-refractivity contribution in [1.29, 1.82) is 0 Å². The molecule has 0 saturated heterocycles. The molecular formula is C15H10BrF3O. The van der Waals surface area contributed by atoms with Crippen LogP contribution in [-0.4, -0.2) is 5.78 Å². The van der Waals surface area contributed by atoms with Gasteiger partial charge < -0.3 is 0 Å². The van der Waals surface area contributed by atoms with Gasteiger partial charge in [-0.05, 0) is 36.2 Å². The molecule has 0 aliphatic heterocycles. The van der Waals surface area contributed by atoms with Crippen molar-refractivity contribution in [2.24, 2.45) is 0 Å². The molecule has 2 aromatic rings. The van der Waals surface area contributed by atoms with E-state index in [1.165, 1.54) is 37.3 Å². The second kappa shape index (κ2) is 5.40. The first-order valence-electron chi connectivity index (χ1n) is 5.78. The largest absolute Gasteiger partial charge is 0.417 e. The molecule has 0 N–H and O–H groups in total. The van der Waals surface area contributed by atoms with Gasteiger partial charge in [-0.1, -0.05) is 40.2 Å². The number of carbonyl (C=O) groups excluding carboxylic acids is 1. The molecule has 0 spiro atoms. The SMILES string of the molecule is CC(=O)c1ccc(-c2ccccc2C(F)(F)F)cc1Br. The predicted molar refractivity (Wildman–Crippen MR) is 74.6 cm³/mol. The Bertz CT molecular complexity index is 662. The van der Waals surface area contributed by atoms with E-state index in [4.69, 9.17) is 0 Å². The zero-order valence-corrected chi connectivity index (χ0v) is 12.0. The third-order valence-corrected chi connectivity index (χ3v) is 3.55. The summed E-state index contributed by atoms with van der Waals surface area (Å²) >= 11 is 3.22. The van der Waals surface area contributed by atoms with Gasteiger partial charge in [0.15, 0.2) is 5.78 Å². The van der Waals surface area contributed by atoms with Gasteiger partial charge in [-0.3, -0.25) is 4.79 Å². The van der Waals surface area contributed by atoms with Crippen LogP contribution in [0.4, 0.5) is 13.2 Å². The Morgan fingerprint density at radius 1 is 1.10 bits per heavy atom. The van der Waals surface area contributed by atoms with Gasteiger partial charge in [0.05, 0.1) is 5.56 Å². The van der Waals surface area contributed by atoms with Gasteiger partial charge in [0.2, 0.25) is 0 Å². The van der Waals surface area contributed by atoms with Crippen LogP contribution in [0.2, 0.25) is 0 Å². The molecule has 0 amide bonds. The molecule has 0 bridgehead atoms. The van der Waals surface area contributed by atoms with Gasteiger partial charge in [-0.2, -0.15) is 13.2 Å². The first kappa shape index (κ1) is 14.8. The van der Waals surface area contributed by atoms with Crippen LogP contribution in [0.5, 0.6) is 0 Å². The van der Waals surface area contributed by atoms with Crippen molar-refractivity contribution in [3.8, 4) is 11.1 Å². The van der Waals surface area contributed by atoms with Crippen molar-refractivity contribution in [3.63, 3.8) is 0 Å². The van der Waals surface area contributed by atoms with Crippen molar-refractivity contribution >= 4 is 21.7 Å². The molecule has 0 heterocycles. The molecule has 1 nitrogen and oxygen atoms in total. The van der Waals surface area contributed by atoms with E-state index in [1.807, 2.05) is 0 Å². The van der Waals surface area contributed by atoms with Gasteiger partial charge >= 0.3 is 6.18 Å². The standard InChI is InChI=1S/C15H10BrF3O/c1-9(20)11-7-6-10(8-14(11)16)12-4-2-3-5-13(12)15(17,18)19/h2-8H,1H3. The van der Waals surface area contributed by atoms with Crippen LogP contribution in [0.1, 0.15) is 22.8 Å². The van der Waals surface area contributed by atoms with Crippen LogP contribution >= 0.6 is 15.9 Å². The molecule has 0 aromatic heterocycles. The number of hydrogen-bond donors (Lipinski definition) is 0. The van der Waals surface area contributed by atoms with Crippen molar-refractivity contribution in [1.82, 2.24) is 0 Å². The fourth-order valence-corrected chi connectivity index (χ4v) is 2.61. The fourth-order valence-electron chi connectivity index (χ4n) is 1.95. The van der Waals surface area contributed by atoms with Gasteiger partial charge in [0, 0.05) is 10.0 Å². The summed E-state index contributed by atoms with van der Waals surface area (Å²) in [5, 5.41) is 0. The monoisotopic (exact) mass is 342 g/mol. The number of halogens is 4. The van der Waals surface area contributed by atoms with E-state index in [1.54, 1.807) is 6.07 Å². The van der Waals surface area contributed by atoms with E-state index in [0.717, 1.165) is 6.07 Å². The zero-order chi connectivity index (χ0) is 14.9. The average Bonchev–Trinajstić information content (AvgIpc) is 2.37. The van der Waals surface area contributed by atoms with E-state index < -0.39 is 11.7 Å². The maximum Gasteiger partial charge on any atom is 0.417 e. The first-order valence-corrected chi connectivity index (χ1v) is 6.57. The quantitative estimate of drug-likeness (QED) is 0.673. The summed E-state index contributed by atoms with van der Waals surface area (Å²) in [5.41, 5.74) is 0.256. The smallest absolute Gasteiger partial charge is 0.294 e. The zero-order valence-electron chi connectivity index (χ0n) is 10.5. The molecular weight excluding hydrogens is 333 g/mol. The lowest BCUT2D eigenvalue weighted by Crippen LogP contribution is -2.07. The topological polar surface area (TPSA) is 17.1 Å². The fraction of sp³-hybridized carbons (Fsp3) is 0.133. The van der Waals surface area contributed by atoms with Crippen LogP contribution in [-0.2, 0) is 6.18 Å². The molecule has 5 heteroatoms. The van der Waals surface area contributed by atoms with Crippen molar-refractivity contribution < 1.29 is 18.0 Å². The maximum atomic E-state index is 13.0. The first-order chi connectivity index (χ1) is 9.30. The van der Waals surface area contributed by atoms with Crippen LogP contribution < -0.4 is 0 Å². The minimum absolute atomic E-state index is 0.0933. The lowest BCUT2D eigenvalue weighted by molar-refractivity contribution is -0.137. The molecule has 0 radical (unpaired) electrons. The predicted octanol–water partition coefficient (Wildman–Crippen LogP) is 5.34. The van der Waals surface area contributed by atoms with Gasteiger partial charge in [0.25, 0.3) is 0 Å². The highest BCUT2D eigenvalue weighted by atomic mass is 79.9. The van der Waals surface area contributed by atoms with Crippen LogP contribution in [0.25, 0.3) is 11.1 Å². The van der Waals surface area contributed by atoms with Crippen molar-refractivity contribution in [2.45, 2.75) is 13.1 Å². The minimum Gasteiger partial charge on any atom is -0.294 e. The van der Waals surface area contributed by atoms with Gasteiger partial charge in [-0.15, -0.1) is 0 Å². The Labute approximate surface area is 122 Å². The Kier molecular flexibility index (Phi) is 3.99. The van der Waals surface area contributed by atoms with E-state index in [-0.39, 0.29) is 11.3 Å². The van der Waals surface area contributed by atoms with Crippen LogP contribution in [0.3, 0.4) is 0 Å². The van der Waals surface area contributed by atoms with Crippen molar-refractivity contribution in [2.75, 3.05) is 0 Å². The summed E-state index contributed by atoms with van der Waals surface area (Å²) < 4.78 is 39.4. The second-order valence-electron chi connectivity index (χ2n) is 4.29. The summed E-state index contributed by atoms with van der Waals surface area (Å²) in [4.78, 5) is 11.3. The van der Waals surface area contributed by atoms with E-state index in [2.05, 4.69) is 15.9 Å². The molecule has 2 aromatic carbocycles. The highest BCUT2D eigenvalue weighted by Gasteiger charge is 2.33. The number of Topliss-reactive ketones (excluding diaryl/α,β-unsaturated/α-hetero) is 1. The van der Waals surface area contributed by atoms with E-state index in [9.17, 15) is 18.0 Å². The summed E-state index contributed by atoms with van der Waals surface area (Å²) in [6, 6.07) is 9.94. The summed E-state index contributed by atoms with van der Waals surface area (Å²) in [5.74, 6) is -0.146. The molecule has 0 aliphatic carbocycles. The molecule has 0 atom stereocenters. The van der Waals surface area contributed by atoms with Crippen LogP contribution in [0, 0.1) is 0 Å². The third-order valence-electron chi connectivity index (χ3n) is 2.89. The Morgan fingerprint density at radius 2 is 1.75 bits per heavy atom. The number of carbonyl (C=O) groups is 1. The molecule has 0 aliphatic rings. The summed E-state index contributed by atoms with van der Waals surface area (Å²) in [7, 11) is 0. The Hall–Kier alpha value is -1.62. The number of rotatable bonds is 2. The lowest BCUT2D eigenvalue weighted by Gasteiger charge is -2.13. The minimum atomic E-state index is -4.41.